The van der Waals surface area contributed by atoms with Crippen molar-refractivity contribution in [2.75, 3.05) is 25.6 Å². The lowest BCUT2D eigenvalue weighted by atomic mass is 9.97. The van der Waals surface area contributed by atoms with Crippen LogP contribution >= 0.6 is 0 Å². The van der Waals surface area contributed by atoms with Gasteiger partial charge in [0.1, 0.15) is 24.0 Å². The van der Waals surface area contributed by atoms with Crippen molar-refractivity contribution in [3.63, 3.8) is 0 Å². The van der Waals surface area contributed by atoms with E-state index >= 15 is 0 Å². The molecule has 3 aromatic rings. The van der Waals surface area contributed by atoms with Crippen LogP contribution in [0.2, 0.25) is 0 Å². The molecule has 0 radical (unpaired) electrons. The number of sulfone groups is 1. The van der Waals surface area contributed by atoms with Gasteiger partial charge in [-0.05, 0) is 55.0 Å². The molecule has 3 aromatic carbocycles. The van der Waals surface area contributed by atoms with Crippen molar-refractivity contribution in [2.45, 2.75) is 29.8 Å². The Morgan fingerprint density at radius 2 is 1.72 bits per heavy atom. The zero-order chi connectivity index (χ0) is 27.9. The Kier molecular flexibility index (Phi) is 8.93. The second-order valence-electron chi connectivity index (χ2n) is 8.95. The molecule has 0 aliphatic carbocycles. The molecule has 11 heteroatoms. The highest BCUT2D eigenvalue weighted by Gasteiger charge is 2.45. The molecule has 0 bridgehead atoms. The molecule has 1 atom stereocenters. The van der Waals surface area contributed by atoms with E-state index < -0.39 is 45.2 Å². The van der Waals surface area contributed by atoms with E-state index in [1.165, 1.54) is 18.2 Å². The van der Waals surface area contributed by atoms with Crippen molar-refractivity contribution in [2.24, 2.45) is 4.99 Å². The van der Waals surface area contributed by atoms with Crippen LogP contribution in [-0.4, -0.2) is 56.4 Å². The van der Waals surface area contributed by atoms with Crippen molar-refractivity contribution in [3.05, 3.63) is 95.6 Å². The van der Waals surface area contributed by atoms with Gasteiger partial charge in [-0.25, -0.2) is 22.2 Å². The lowest BCUT2D eigenvalue weighted by molar-refractivity contribution is -0.127. The average Bonchev–Trinajstić information content (AvgIpc) is 3.39. The number of nitrogens with zero attached hydrogens (tertiary/aromatic N) is 1. The van der Waals surface area contributed by atoms with Crippen LogP contribution in [0, 0.1) is 11.6 Å². The third-order valence-corrected chi connectivity index (χ3v) is 7.96. The number of hydrogen-bond acceptors (Lipinski definition) is 7. The molecule has 1 amide bonds. The third-order valence-electron chi connectivity index (χ3n) is 6.23. The molecule has 39 heavy (non-hydrogen) atoms. The number of aliphatic hydroxyl groups is 1. The number of carbonyl (C=O) groups excluding carboxylic acids is 1. The first kappa shape index (κ1) is 28.2. The minimum absolute atomic E-state index is 0.0103. The molecule has 8 nitrogen and oxygen atoms in total. The number of rotatable bonds is 12. The highest BCUT2D eigenvalue weighted by atomic mass is 32.2. The molecule has 1 heterocycles. The number of aliphatic imine (C=N–C) groups is 1. The predicted molar refractivity (Wildman–Crippen MR) is 140 cm³/mol. The molecular weight excluding hydrogens is 530 g/mol. The Morgan fingerprint density at radius 3 is 2.38 bits per heavy atom. The normalized spacial score (nSPS) is 16.8. The second kappa shape index (κ2) is 12.4. The van der Waals surface area contributed by atoms with Crippen LogP contribution in [0.5, 0.6) is 5.75 Å². The minimum Gasteiger partial charge on any atom is -0.494 e. The van der Waals surface area contributed by atoms with Crippen molar-refractivity contribution >= 4 is 21.6 Å². The number of hydrogen-bond donors (Lipinski definition) is 2. The van der Waals surface area contributed by atoms with Crippen molar-refractivity contribution in [1.82, 2.24) is 5.32 Å². The molecule has 0 saturated heterocycles. The summed E-state index contributed by atoms with van der Waals surface area (Å²) < 4.78 is 65.5. The Labute approximate surface area is 225 Å². The number of halogens is 2. The molecule has 0 unspecified atom stereocenters. The number of aliphatic hydroxyl groups excluding tert-OH is 1. The highest BCUT2D eigenvalue weighted by Crippen LogP contribution is 2.29. The summed E-state index contributed by atoms with van der Waals surface area (Å²) in [4.78, 5) is 18.0. The first-order chi connectivity index (χ1) is 18.7. The van der Waals surface area contributed by atoms with Gasteiger partial charge in [0.2, 0.25) is 5.90 Å². The fraction of sp³-hybridized carbons (Fsp3) is 0.286. The van der Waals surface area contributed by atoms with Crippen LogP contribution in [0.4, 0.5) is 8.78 Å². The molecule has 206 valence electrons. The van der Waals surface area contributed by atoms with Crippen LogP contribution in [-0.2, 0) is 25.9 Å². The van der Waals surface area contributed by atoms with Crippen LogP contribution in [0.25, 0.3) is 0 Å². The van der Waals surface area contributed by atoms with Gasteiger partial charge in [-0.2, -0.15) is 0 Å². The molecule has 0 fully saturated rings. The number of carbonyl (C=O) groups is 1. The molecule has 0 spiro atoms. The van der Waals surface area contributed by atoms with Gasteiger partial charge in [-0.1, -0.05) is 24.3 Å². The number of nitrogens with one attached hydrogen (secondary N) is 1. The summed E-state index contributed by atoms with van der Waals surface area (Å²) in [6, 6.07) is 17.9. The number of benzene rings is 3. The van der Waals surface area contributed by atoms with Gasteiger partial charge >= 0.3 is 0 Å². The monoisotopic (exact) mass is 558 g/mol. The van der Waals surface area contributed by atoms with Gasteiger partial charge in [0.05, 0.1) is 17.3 Å². The molecular formula is C28H28F2N2O6S. The number of amides is 1. The Balaban J connectivity index is 1.58. The molecule has 1 aliphatic heterocycles. The topological polar surface area (TPSA) is 114 Å². The fourth-order valence-electron chi connectivity index (χ4n) is 3.98. The van der Waals surface area contributed by atoms with Crippen molar-refractivity contribution < 1.29 is 36.6 Å². The van der Waals surface area contributed by atoms with Gasteiger partial charge in [0.25, 0.3) is 5.91 Å². The zero-order valence-corrected chi connectivity index (χ0v) is 21.8. The SMILES string of the molecule is O=C(NCc1c(F)cccc1F)[C@@]1(CCS(=O)(=O)c2ccccc2)COC(c2ccc(OCCCO)cc2)=N1. The van der Waals surface area contributed by atoms with E-state index in [0.717, 1.165) is 12.1 Å². The standard InChI is InChI=1S/C28H28F2N2O6S/c29-24-8-4-9-25(30)23(24)18-31-27(34)28(14-17-39(35,36)22-6-2-1-3-7-22)19-38-26(32-28)20-10-12-21(13-11-20)37-16-5-15-33/h1-4,6-13,33H,5,14-19H2,(H,31,34)/t28-/m1/s1. The van der Waals surface area contributed by atoms with Gasteiger partial charge in [0, 0.05) is 30.7 Å². The van der Waals surface area contributed by atoms with Crippen LogP contribution < -0.4 is 10.1 Å². The molecule has 0 saturated carbocycles. The van der Waals surface area contributed by atoms with Crippen LogP contribution in [0.3, 0.4) is 0 Å². The van der Waals surface area contributed by atoms with E-state index in [1.54, 1.807) is 42.5 Å². The van der Waals surface area contributed by atoms with Crippen molar-refractivity contribution in [1.29, 1.82) is 0 Å². The maximum absolute atomic E-state index is 14.1. The first-order valence-corrected chi connectivity index (χ1v) is 13.9. The predicted octanol–water partition coefficient (Wildman–Crippen LogP) is 3.42. The Morgan fingerprint density at radius 1 is 1.03 bits per heavy atom. The van der Waals surface area contributed by atoms with E-state index in [9.17, 15) is 22.0 Å². The van der Waals surface area contributed by atoms with E-state index in [2.05, 4.69) is 10.3 Å². The maximum atomic E-state index is 14.1. The van der Waals surface area contributed by atoms with Crippen LogP contribution in [0.15, 0.2) is 82.7 Å². The lowest BCUT2D eigenvalue weighted by Crippen LogP contribution is -2.47. The van der Waals surface area contributed by atoms with Gasteiger partial charge < -0.3 is 19.9 Å². The molecule has 2 N–H and O–H groups in total. The Hall–Kier alpha value is -3.83. The summed E-state index contributed by atoms with van der Waals surface area (Å²) in [5, 5.41) is 11.4. The average molecular weight is 559 g/mol. The van der Waals surface area contributed by atoms with E-state index in [0.29, 0.717) is 24.3 Å². The summed E-state index contributed by atoms with van der Waals surface area (Å²) in [6.45, 7) is -0.353. The van der Waals surface area contributed by atoms with E-state index in [1.807, 2.05) is 0 Å². The van der Waals surface area contributed by atoms with Gasteiger partial charge in [-0.3, -0.25) is 4.79 Å². The molecule has 0 aromatic heterocycles. The van der Waals surface area contributed by atoms with E-state index in [-0.39, 0.29) is 36.0 Å². The summed E-state index contributed by atoms with van der Waals surface area (Å²) in [5.41, 5.74) is -1.43. The van der Waals surface area contributed by atoms with E-state index in [4.69, 9.17) is 14.6 Å². The minimum atomic E-state index is -3.76. The smallest absolute Gasteiger partial charge is 0.251 e. The second-order valence-corrected chi connectivity index (χ2v) is 11.1. The third kappa shape index (κ3) is 6.79. The summed E-state index contributed by atoms with van der Waals surface area (Å²) in [6.07, 6.45) is 0.263. The van der Waals surface area contributed by atoms with Gasteiger partial charge in [-0.15, -0.1) is 0 Å². The zero-order valence-electron chi connectivity index (χ0n) is 21.0. The fourth-order valence-corrected chi connectivity index (χ4v) is 5.40. The summed E-state index contributed by atoms with van der Waals surface area (Å²) in [5.74, 6) is -2.06. The Bertz CT molecular complexity index is 1410. The van der Waals surface area contributed by atoms with Gasteiger partial charge in [0.15, 0.2) is 15.4 Å². The summed E-state index contributed by atoms with van der Waals surface area (Å²) >= 11 is 0. The summed E-state index contributed by atoms with van der Waals surface area (Å²) in [7, 11) is -3.76. The van der Waals surface area contributed by atoms with Crippen molar-refractivity contribution in [3.8, 4) is 5.75 Å². The van der Waals surface area contributed by atoms with Crippen LogP contribution in [0.1, 0.15) is 24.0 Å². The molecule has 1 aliphatic rings. The first-order valence-electron chi connectivity index (χ1n) is 12.3. The quantitative estimate of drug-likeness (QED) is 0.330. The number of ether oxygens (including phenoxy) is 2. The lowest BCUT2D eigenvalue weighted by Gasteiger charge is -2.23. The highest BCUT2D eigenvalue weighted by molar-refractivity contribution is 7.91. The maximum Gasteiger partial charge on any atom is 0.251 e. The molecule has 4 rings (SSSR count). The largest absolute Gasteiger partial charge is 0.494 e.